The van der Waals surface area contributed by atoms with E-state index in [1.165, 1.54) is 12.3 Å². The molecule has 1 aromatic heterocycles. The third-order valence-electron chi connectivity index (χ3n) is 1.25. The maximum Gasteiger partial charge on any atom is 0.291 e. The Morgan fingerprint density at radius 2 is 2.42 bits per heavy atom. The maximum atomic E-state index is 10.3. The Morgan fingerprint density at radius 3 is 2.83 bits per heavy atom. The van der Waals surface area contributed by atoms with E-state index in [1.54, 1.807) is 6.07 Å². The molecule has 0 aliphatic rings. The van der Waals surface area contributed by atoms with Crippen molar-refractivity contribution < 1.29 is 4.92 Å². The molecule has 1 heterocycles. The molecule has 60 valence electrons. The molecule has 0 aliphatic heterocycles. The molecule has 0 aromatic carbocycles. The molecule has 5 nitrogen and oxygen atoms in total. The summed E-state index contributed by atoms with van der Waals surface area (Å²) in [5.41, 5.74) is -0.362. The highest BCUT2D eigenvalue weighted by Gasteiger charge is 2.13. The lowest BCUT2D eigenvalue weighted by Crippen LogP contribution is -1.93. The molecule has 0 radical (unpaired) electrons. The molecule has 0 bridgehead atoms. The monoisotopic (exact) mass is 181 g/mol. The Bertz CT molecular complexity index is 418. The lowest BCUT2D eigenvalue weighted by Gasteiger charge is -1.92. The highest BCUT2D eigenvalue weighted by atomic mass is 32.1. The van der Waals surface area contributed by atoms with Crippen LogP contribution in [0.3, 0.4) is 0 Å². The topological polar surface area (TPSA) is 82.7 Å². The molecule has 0 atom stereocenters. The Kier molecular flexibility index (Phi) is 2.16. The van der Waals surface area contributed by atoms with Crippen molar-refractivity contribution in [2.75, 3.05) is 0 Å². The van der Waals surface area contributed by atoms with Crippen molar-refractivity contribution in [3.63, 3.8) is 0 Å². The molecule has 0 spiro atoms. The summed E-state index contributed by atoms with van der Waals surface area (Å²) in [7, 11) is 0. The zero-order valence-corrected chi connectivity index (χ0v) is 6.59. The van der Waals surface area contributed by atoms with Gasteiger partial charge < -0.3 is 4.98 Å². The van der Waals surface area contributed by atoms with Gasteiger partial charge in [-0.3, -0.25) is 10.1 Å². The first kappa shape index (κ1) is 8.36. The molecule has 0 saturated carbocycles. The van der Waals surface area contributed by atoms with Crippen molar-refractivity contribution >= 4 is 17.9 Å². The van der Waals surface area contributed by atoms with E-state index < -0.39 is 4.92 Å². The van der Waals surface area contributed by atoms with Gasteiger partial charge in [0, 0.05) is 12.3 Å². The highest BCUT2D eigenvalue weighted by Crippen LogP contribution is 2.15. The molecule has 0 unspecified atom stereocenters. The summed E-state index contributed by atoms with van der Waals surface area (Å²) >= 11 is 4.68. The van der Waals surface area contributed by atoms with E-state index in [1.807, 2.05) is 0 Å². The molecule has 0 amide bonds. The van der Waals surface area contributed by atoms with Crippen LogP contribution in [-0.4, -0.2) is 9.91 Å². The summed E-state index contributed by atoms with van der Waals surface area (Å²) in [4.78, 5) is 12.2. The molecule has 0 aliphatic carbocycles. The average Bonchev–Trinajstić information content (AvgIpc) is 2.03. The second kappa shape index (κ2) is 3.11. The molecule has 1 N–H and O–H groups in total. The number of nitrogens with zero attached hydrogens (tertiary/aromatic N) is 2. The number of nitro groups is 1. The molecule has 0 fully saturated rings. The first-order valence-corrected chi connectivity index (χ1v) is 3.34. The lowest BCUT2D eigenvalue weighted by molar-refractivity contribution is -0.385. The van der Waals surface area contributed by atoms with Gasteiger partial charge in [-0.05, 0) is 0 Å². The van der Waals surface area contributed by atoms with E-state index in [2.05, 4.69) is 17.2 Å². The van der Waals surface area contributed by atoms with Gasteiger partial charge >= 0.3 is 0 Å². The Morgan fingerprint density at radius 1 is 1.75 bits per heavy atom. The number of pyridine rings is 1. The third kappa shape index (κ3) is 1.31. The van der Waals surface area contributed by atoms with Crippen LogP contribution in [0.15, 0.2) is 12.3 Å². The Labute approximate surface area is 72.4 Å². The second-order valence-corrected chi connectivity index (χ2v) is 2.34. The minimum atomic E-state index is -0.637. The molecule has 12 heavy (non-hydrogen) atoms. The van der Waals surface area contributed by atoms with Crippen LogP contribution in [0, 0.1) is 26.1 Å². The number of nitrogens with one attached hydrogen (secondary N) is 1. The summed E-state index contributed by atoms with van der Waals surface area (Å²) in [6.07, 6.45) is 1.33. The van der Waals surface area contributed by atoms with Crippen LogP contribution in [0.5, 0.6) is 0 Å². The van der Waals surface area contributed by atoms with Crippen LogP contribution in [-0.2, 0) is 0 Å². The Balaban J connectivity index is 3.51. The van der Waals surface area contributed by atoms with Crippen molar-refractivity contribution in [2.45, 2.75) is 0 Å². The lowest BCUT2D eigenvalue weighted by atomic mass is 10.2. The van der Waals surface area contributed by atoms with Crippen LogP contribution < -0.4 is 0 Å². The van der Waals surface area contributed by atoms with Crippen molar-refractivity contribution in [1.82, 2.24) is 4.98 Å². The number of hydrogen-bond donors (Lipinski definition) is 1. The predicted octanol–water partition coefficient (Wildman–Crippen LogP) is 1.52. The largest absolute Gasteiger partial charge is 0.351 e. The average molecular weight is 181 g/mol. The van der Waals surface area contributed by atoms with Gasteiger partial charge in [0.25, 0.3) is 5.69 Å². The summed E-state index contributed by atoms with van der Waals surface area (Å²) in [6.45, 7) is 0. The van der Waals surface area contributed by atoms with Crippen LogP contribution in [0.25, 0.3) is 0 Å². The Hall–Kier alpha value is -1.74. The van der Waals surface area contributed by atoms with Crippen molar-refractivity contribution in [3.8, 4) is 6.07 Å². The van der Waals surface area contributed by atoms with Crippen LogP contribution >= 0.6 is 12.2 Å². The number of H-pyrrole nitrogens is 1. The summed E-state index contributed by atoms with van der Waals surface area (Å²) < 4.78 is 0.0895. The zero-order valence-electron chi connectivity index (χ0n) is 5.77. The first-order valence-electron chi connectivity index (χ1n) is 2.93. The van der Waals surface area contributed by atoms with E-state index in [-0.39, 0.29) is 15.9 Å². The fraction of sp³-hybridized carbons (Fsp3) is 0. The molecule has 6 heteroatoms. The molecular formula is C6H3N3O2S. The standard InChI is InChI=1S/C6H3N3O2S/c7-3-4-5(9(10)11)1-2-8-6(4)12/h1-2H,(H,8,12). The molecular weight excluding hydrogens is 178 g/mol. The van der Waals surface area contributed by atoms with E-state index in [9.17, 15) is 10.1 Å². The van der Waals surface area contributed by atoms with Crippen LogP contribution in [0.4, 0.5) is 5.69 Å². The minimum Gasteiger partial charge on any atom is -0.351 e. The van der Waals surface area contributed by atoms with Gasteiger partial charge in [0.1, 0.15) is 10.7 Å². The van der Waals surface area contributed by atoms with Gasteiger partial charge in [0.15, 0.2) is 5.56 Å². The molecule has 0 saturated heterocycles. The first-order chi connectivity index (χ1) is 5.66. The SMILES string of the molecule is N#Cc1c([N+](=O)[O-])cc[nH]c1=S. The van der Waals surface area contributed by atoms with E-state index in [0.717, 1.165) is 0 Å². The molecule has 1 rings (SSSR count). The predicted molar refractivity (Wildman–Crippen MR) is 43.0 cm³/mol. The van der Waals surface area contributed by atoms with Crippen molar-refractivity contribution in [3.05, 3.63) is 32.6 Å². The third-order valence-corrected chi connectivity index (χ3v) is 1.57. The van der Waals surface area contributed by atoms with E-state index in [4.69, 9.17) is 5.26 Å². The maximum absolute atomic E-state index is 10.3. The quantitative estimate of drug-likeness (QED) is 0.404. The number of aromatic amines is 1. The zero-order chi connectivity index (χ0) is 9.14. The van der Waals surface area contributed by atoms with Crippen LogP contribution in [0.1, 0.15) is 5.56 Å². The van der Waals surface area contributed by atoms with Crippen molar-refractivity contribution in [2.24, 2.45) is 0 Å². The second-order valence-electron chi connectivity index (χ2n) is 1.94. The fourth-order valence-corrected chi connectivity index (χ4v) is 0.947. The summed E-state index contributed by atoms with van der Waals surface area (Å²) in [5, 5.41) is 18.8. The van der Waals surface area contributed by atoms with Gasteiger partial charge in [-0.25, -0.2) is 0 Å². The smallest absolute Gasteiger partial charge is 0.291 e. The number of aromatic nitrogens is 1. The number of rotatable bonds is 1. The summed E-state index contributed by atoms with van der Waals surface area (Å²) in [6, 6.07) is 2.87. The van der Waals surface area contributed by atoms with E-state index >= 15 is 0 Å². The fourth-order valence-electron chi connectivity index (χ4n) is 0.728. The minimum absolute atomic E-state index is 0.0895. The normalized spacial score (nSPS) is 8.92. The van der Waals surface area contributed by atoms with E-state index in [0.29, 0.717) is 0 Å². The molecule has 1 aromatic rings. The van der Waals surface area contributed by atoms with Gasteiger partial charge in [-0.2, -0.15) is 5.26 Å². The van der Waals surface area contributed by atoms with Crippen LogP contribution in [0.2, 0.25) is 0 Å². The van der Waals surface area contributed by atoms with Gasteiger partial charge in [0.2, 0.25) is 0 Å². The number of nitriles is 1. The van der Waals surface area contributed by atoms with Gasteiger partial charge in [0.05, 0.1) is 4.92 Å². The highest BCUT2D eigenvalue weighted by molar-refractivity contribution is 7.71. The van der Waals surface area contributed by atoms with Gasteiger partial charge in [-0.15, -0.1) is 0 Å². The number of hydrogen-bond acceptors (Lipinski definition) is 4. The van der Waals surface area contributed by atoms with Crippen molar-refractivity contribution in [1.29, 1.82) is 5.26 Å². The van der Waals surface area contributed by atoms with Gasteiger partial charge in [-0.1, -0.05) is 12.2 Å². The summed E-state index contributed by atoms with van der Waals surface area (Å²) in [5.74, 6) is 0.